The van der Waals surface area contributed by atoms with Gasteiger partial charge in [-0.15, -0.1) is 10.2 Å². The summed E-state index contributed by atoms with van der Waals surface area (Å²) in [5, 5.41) is 9.51. The number of ether oxygens (including phenoxy) is 3. The summed E-state index contributed by atoms with van der Waals surface area (Å²) >= 11 is 0. The minimum atomic E-state index is -0.626. The van der Waals surface area contributed by atoms with Crippen LogP contribution >= 0.6 is 0 Å². The highest BCUT2D eigenvalue weighted by atomic mass is 16.5. The number of para-hydroxylation sites is 1. The molecule has 10 heteroatoms. The zero-order valence-corrected chi connectivity index (χ0v) is 20.8. The van der Waals surface area contributed by atoms with E-state index < -0.39 is 5.63 Å². The van der Waals surface area contributed by atoms with Crippen LogP contribution in [0.15, 0.2) is 63.8 Å². The van der Waals surface area contributed by atoms with Crippen molar-refractivity contribution in [1.29, 1.82) is 0 Å². The van der Waals surface area contributed by atoms with Gasteiger partial charge in [-0.25, -0.2) is 4.79 Å². The first-order valence-electron chi connectivity index (χ1n) is 11.7. The van der Waals surface area contributed by atoms with Gasteiger partial charge in [0.05, 0.1) is 27.0 Å². The summed E-state index contributed by atoms with van der Waals surface area (Å²) in [6, 6.07) is 16.1. The SMILES string of the molecule is COc1cc(-c2ccc(N3CCN(C(=O)c4cc5ccccc5oc4=O)CC3)nn2)cc(OC)c1OC. The third-order valence-electron chi connectivity index (χ3n) is 6.37. The van der Waals surface area contributed by atoms with Crippen molar-refractivity contribution in [2.75, 3.05) is 52.4 Å². The second kappa shape index (κ2) is 10.2. The first-order valence-corrected chi connectivity index (χ1v) is 11.7. The monoisotopic (exact) mass is 502 g/mol. The van der Waals surface area contributed by atoms with Crippen LogP contribution in [0, 0.1) is 0 Å². The van der Waals surface area contributed by atoms with Gasteiger partial charge >= 0.3 is 5.63 Å². The van der Waals surface area contributed by atoms with Crippen LogP contribution in [0.25, 0.3) is 22.2 Å². The van der Waals surface area contributed by atoms with E-state index in [1.165, 1.54) is 0 Å². The number of rotatable bonds is 6. The van der Waals surface area contributed by atoms with Crippen LogP contribution in [0.4, 0.5) is 5.82 Å². The van der Waals surface area contributed by atoms with Gasteiger partial charge in [0.1, 0.15) is 11.1 Å². The van der Waals surface area contributed by atoms with Crippen molar-refractivity contribution in [1.82, 2.24) is 15.1 Å². The Morgan fingerprint density at radius 1 is 0.865 bits per heavy atom. The van der Waals surface area contributed by atoms with Crippen molar-refractivity contribution in [3.05, 3.63) is 70.6 Å². The molecule has 4 aromatic rings. The third kappa shape index (κ3) is 4.65. The minimum Gasteiger partial charge on any atom is -0.493 e. The highest BCUT2D eigenvalue weighted by molar-refractivity contribution is 5.96. The molecule has 190 valence electrons. The number of carbonyl (C=O) groups is 1. The Bertz CT molecular complexity index is 1470. The molecule has 5 rings (SSSR count). The van der Waals surface area contributed by atoms with Crippen LogP contribution in [0.3, 0.4) is 0 Å². The largest absolute Gasteiger partial charge is 0.493 e. The fourth-order valence-corrected chi connectivity index (χ4v) is 4.40. The Balaban J connectivity index is 1.28. The average Bonchev–Trinajstić information content (AvgIpc) is 2.95. The Kier molecular flexibility index (Phi) is 6.63. The van der Waals surface area contributed by atoms with E-state index in [2.05, 4.69) is 15.1 Å². The molecule has 0 bridgehead atoms. The molecule has 3 heterocycles. The zero-order valence-electron chi connectivity index (χ0n) is 20.8. The number of methoxy groups -OCH3 is 3. The summed E-state index contributed by atoms with van der Waals surface area (Å²) in [6.45, 7) is 2.01. The first-order chi connectivity index (χ1) is 18.0. The van der Waals surface area contributed by atoms with Crippen molar-refractivity contribution < 1.29 is 23.4 Å². The minimum absolute atomic E-state index is 0.0432. The van der Waals surface area contributed by atoms with Gasteiger partial charge in [0.15, 0.2) is 17.3 Å². The Hall–Kier alpha value is -4.60. The lowest BCUT2D eigenvalue weighted by molar-refractivity contribution is 0.0742. The predicted molar refractivity (Wildman–Crippen MR) is 138 cm³/mol. The van der Waals surface area contributed by atoms with Crippen LogP contribution in [-0.4, -0.2) is 68.5 Å². The maximum atomic E-state index is 13.0. The molecule has 0 unspecified atom stereocenters. The van der Waals surface area contributed by atoms with E-state index in [1.807, 2.05) is 36.4 Å². The number of aromatic nitrogens is 2. The fraction of sp³-hybridized carbons (Fsp3) is 0.259. The van der Waals surface area contributed by atoms with E-state index in [1.54, 1.807) is 44.4 Å². The Labute approximate surface area is 213 Å². The van der Waals surface area contributed by atoms with Crippen molar-refractivity contribution in [3.63, 3.8) is 0 Å². The summed E-state index contributed by atoms with van der Waals surface area (Å²) in [7, 11) is 4.68. The molecule has 0 aliphatic carbocycles. The second-order valence-corrected chi connectivity index (χ2v) is 8.46. The molecule has 0 spiro atoms. The molecule has 0 N–H and O–H groups in total. The van der Waals surface area contributed by atoms with Crippen molar-refractivity contribution in [2.24, 2.45) is 0 Å². The van der Waals surface area contributed by atoms with Gasteiger partial charge in [0.25, 0.3) is 5.91 Å². The maximum absolute atomic E-state index is 13.0. The molecular weight excluding hydrogens is 476 g/mol. The highest BCUT2D eigenvalue weighted by Crippen LogP contribution is 2.40. The quantitative estimate of drug-likeness (QED) is 0.367. The Morgan fingerprint density at radius 2 is 1.57 bits per heavy atom. The molecule has 0 saturated carbocycles. The number of nitrogens with zero attached hydrogens (tertiary/aromatic N) is 4. The number of anilines is 1. The van der Waals surface area contributed by atoms with E-state index in [9.17, 15) is 9.59 Å². The lowest BCUT2D eigenvalue weighted by atomic mass is 10.1. The van der Waals surface area contributed by atoms with E-state index in [0.29, 0.717) is 65.9 Å². The summed E-state index contributed by atoms with van der Waals surface area (Å²) in [4.78, 5) is 29.2. The number of piperazine rings is 1. The van der Waals surface area contributed by atoms with Crippen molar-refractivity contribution in [2.45, 2.75) is 0 Å². The molecule has 0 atom stereocenters. The molecule has 1 amide bonds. The van der Waals surface area contributed by atoms with E-state index >= 15 is 0 Å². The lowest BCUT2D eigenvalue weighted by Crippen LogP contribution is -2.49. The molecule has 2 aromatic carbocycles. The molecular formula is C27H26N4O6. The molecule has 0 radical (unpaired) electrons. The topological polar surface area (TPSA) is 107 Å². The molecule has 10 nitrogen and oxygen atoms in total. The summed E-state index contributed by atoms with van der Waals surface area (Å²) in [6.07, 6.45) is 0. The Morgan fingerprint density at radius 3 is 2.19 bits per heavy atom. The van der Waals surface area contributed by atoms with Gasteiger partial charge in [0, 0.05) is 37.1 Å². The predicted octanol–water partition coefficient (Wildman–Crippen LogP) is 3.24. The van der Waals surface area contributed by atoms with Gasteiger partial charge in [0.2, 0.25) is 5.75 Å². The summed E-state index contributed by atoms with van der Waals surface area (Å²) < 4.78 is 21.6. The number of benzene rings is 2. The van der Waals surface area contributed by atoms with Gasteiger partial charge in [-0.2, -0.15) is 0 Å². The molecule has 37 heavy (non-hydrogen) atoms. The summed E-state index contributed by atoms with van der Waals surface area (Å²) in [5.74, 6) is 1.94. The van der Waals surface area contributed by atoms with E-state index in [-0.39, 0.29) is 11.5 Å². The van der Waals surface area contributed by atoms with Crippen LogP contribution < -0.4 is 24.7 Å². The standard InChI is InChI=1S/C27H26N4O6/c1-34-22-15-18(16-23(35-2)25(22)36-3)20-8-9-24(29-28-20)30-10-12-31(13-11-30)26(32)19-14-17-6-4-5-7-21(17)37-27(19)33/h4-9,14-16H,10-13H2,1-3H3. The van der Waals surface area contributed by atoms with Gasteiger partial charge < -0.3 is 28.4 Å². The zero-order chi connectivity index (χ0) is 25.9. The van der Waals surface area contributed by atoms with Crippen LogP contribution in [0.1, 0.15) is 10.4 Å². The van der Waals surface area contributed by atoms with Crippen molar-refractivity contribution in [3.8, 4) is 28.5 Å². The highest BCUT2D eigenvalue weighted by Gasteiger charge is 2.26. The number of fused-ring (bicyclic) bond motifs is 1. The molecule has 2 aromatic heterocycles. The number of carbonyl (C=O) groups excluding carboxylic acids is 1. The summed E-state index contributed by atoms with van der Waals surface area (Å²) in [5.41, 5.74) is 1.31. The van der Waals surface area contributed by atoms with Gasteiger partial charge in [-0.3, -0.25) is 4.79 Å². The van der Waals surface area contributed by atoms with Gasteiger partial charge in [-0.1, -0.05) is 18.2 Å². The third-order valence-corrected chi connectivity index (χ3v) is 6.37. The van der Waals surface area contributed by atoms with E-state index in [4.69, 9.17) is 18.6 Å². The molecule has 1 saturated heterocycles. The fourth-order valence-electron chi connectivity index (χ4n) is 4.40. The average molecular weight is 503 g/mol. The van der Waals surface area contributed by atoms with Crippen LogP contribution in [0.2, 0.25) is 0 Å². The van der Waals surface area contributed by atoms with Gasteiger partial charge in [-0.05, 0) is 36.4 Å². The molecule has 1 aliphatic heterocycles. The number of hydrogen-bond donors (Lipinski definition) is 0. The molecule has 1 fully saturated rings. The maximum Gasteiger partial charge on any atom is 0.349 e. The van der Waals surface area contributed by atoms with Crippen molar-refractivity contribution >= 4 is 22.7 Å². The number of amides is 1. The number of hydrogen-bond acceptors (Lipinski definition) is 9. The normalized spacial score (nSPS) is 13.5. The van der Waals surface area contributed by atoms with E-state index in [0.717, 1.165) is 5.56 Å². The van der Waals surface area contributed by atoms with Crippen LogP contribution in [-0.2, 0) is 0 Å². The smallest absolute Gasteiger partial charge is 0.349 e. The second-order valence-electron chi connectivity index (χ2n) is 8.46. The lowest BCUT2D eigenvalue weighted by Gasteiger charge is -2.35. The first kappa shape index (κ1) is 24.1. The van der Waals surface area contributed by atoms with Crippen LogP contribution in [0.5, 0.6) is 17.2 Å². The molecule has 1 aliphatic rings.